The molecule has 2 amide bonds. The topological polar surface area (TPSA) is 159 Å². The molecule has 0 radical (unpaired) electrons. The normalized spacial score (nSPS) is 15.1. The quantitative estimate of drug-likeness (QED) is 0.167. The number of nitrogens with two attached hydrogens (primary N) is 2. The molecule has 8 N–H and O–H groups in total. The van der Waals surface area contributed by atoms with Crippen LogP contribution in [0.25, 0.3) is 0 Å². The number of aliphatic hydroxyl groups excluding tert-OH is 2. The molecule has 3 aromatic rings. The lowest BCUT2D eigenvalue weighted by Gasteiger charge is -2.24. The Morgan fingerprint density at radius 2 is 1.41 bits per heavy atom. The molecule has 0 aliphatic carbocycles. The predicted molar refractivity (Wildman–Crippen MR) is 160 cm³/mol. The molecule has 3 rings (SSSR count). The van der Waals surface area contributed by atoms with Gasteiger partial charge in [-0.2, -0.15) is 0 Å². The number of aliphatic hydroxyl groups is 2. The lowest BCUT2D eigenvalue weighted by Crippen LogP contribution is -2.50. The van der Waals surface area contributed by atoms with Crippen molar-refractivity contribution < 1.29 is 24.9 Å². The molecule has 0 bridgehead atoms. The SMILES string of the molecule is Cc1cc(O)cc(C)c1C[C@H](N)[C@H](O)C/C=C/[C@@H](O)[C@@H](Cc1ccccc1)C(=O)N[C@@H](Cc1ccccc1)C(N)=O. The summed E-state index contributed by atoms with van der Waals surface area (Å²) in [6, 6.07) is 20.4. The lowest BCUT2D eigenvalue weighted by atomic mass is 9.91. The summed E-state index contributed by atoms with van der Waals surface area (Å²) in [6.45, 7) is 3.77. The molecule has 0 aromatic heterocycles. The molecular formula is C33H41N3O5. The molecule has 8 heteroatoms. The first-order valence-corrected chi connectivity index (χ1v) is 13.8. The van der Waals surface area contributed by atoms with E-state index in [1.165, 1.54) is 6.08 Å². The minimum atomic E-state index is -1.19. The fourth-order valence-corrected chi connectivity index (χ4v) is 4.92. The average molecular weight is 560 g/mol. The van der Waals surface area contributed by atoms with Gasteiger partial charge in [-0.15, -0.1) is 0 Å². The van der Waals surface area contributed by atoms with E-state index < -0.39 is 42.0 Å². The van der Waals surface area contributed by atoms with Crippen LogP contribution in [-0.2, 0) is 28.9 Å². The summed E-state index contributed by atoms with van der Waals surface area (Å²) in [5.41, 5.74) is 16.3. The van der Waals surface area contributed by atoms with Gasteiger partial charge in [0.2, 0.25) is 11.8 Å². The van der Waals surface area contributed by atoms with Crippen LogP contribution in [0.15, 0.2) is 84.9 Å². The van der Waals surface area contributed by atoms with E-state index in [9.17, 15) is 24.9 Å². The van der Waals surface area contributed by atoms with Crippen molar-refractivity contribution in [3.63, 3.8) is 0 Å². The maximum Gasteiger partial charge on any atom is 0.240 e. The summed E-state index contributed by atoms with van der Waals surface area (Å²) in [6.07, 6.45) is 2.08. The molecule has 3 aromatic carbocycles. The Morgan fingerprint density at radius 3 is 1.95 bits per heavy atom. The number of phenolic OH excluding ortho intramolecular Hbond substituents is 1. The number of rotatable bonds is 14. The highest BCUT2D eigenvalue weighted by Gasteiger charge is 2.29. The molecule has 0 saturated carbocycles. The van der Waals surface area contributed by atoms with E-state index in [1.54, 1.807) is 18.2 Å². The molecule has 218 valence electrons. The molecular weight excluding hydrogens is 518 g/mol. The fraction of sp³-hybridized carbons (Fsp3) is 0.333. The van der Waals surface area contributed by atoms with Crippen LogP contribution < -0.4 is 16.8 Å². The largest absolute Gasteiger partial charge is 0.508 e. The van der Waals surface area contributed by atoms with Gasteiger partial charge in [0.15, 0.2) is 0 Å². The molecule has 0 aliphatic heterocycles. The van der Waals surface area contributed by atoms with Crippen molar-refractivity contribution in [2.75, 3.05) is 0 Å². The van der Waals surface area contributed by atoms with Gasteiger partial charge in [-0.3, -0.25) is 9.59 Å². The Hall–Kier alpha value is -3.98. The third kappa shape index (κ3) is 9.56. The van der Waals surface area contributed by atoms with Crippen LogP contribution in [0.1, 0.15) is 34.2 Å². The average Bonchev–Trinajstić information content (AvgIpc) is 2.94. The summed E-state index contributed by atoms with van der Waals surface area (Å²) >= 11 is 0. The number of carbonyl (C=O) groups excluding carboxylic acids is 2. The van der Waals surface area contributed by atoms with Gasteiger partial charge in [0.25, 0.3) is 0 Å². The first-order valence-electron chi connectivity index (χ1n) is 13.8. The van der Waals surface area contributed by atoms with Crippen molar-refractivity contribution in [3.05, 3.63) is 113 Å². The number of hydrogen-bond donors (Lipinski definition) is 6. The zero-order chi connectivity index (χ0) is 29.9. The first-order chi connectivity index (χ1) is 19.5. The monoisotopic (exact) mass is 559 g/mol. The van der Waals surface area contributed by atoms with Gasteiger partial charge in [0.1, 0.15) is 11.8 Å². The third-order valence-electron chi connectivity index (χ3n) is 7.32. The number of benzene rings is 3. The van der Waals surface area contributed by atoms with Crippen molar-refractivity contribution in [3.8, 4) is 5.75 Å². The van der Waals surface area contributed by atoms with E-state index in [-0.39, 0.29) is 25.0 Å². The van der Waals surface area contributed by atoms with Crippen molar-refractivity contribution in [2.24, 2.45) is 17.4 Å². The fourth-order valence-electron chi connectivity index (χ4n) is 4.92. The van der Waals surface area contributed by atoms with Crippen molar-refractivity contribution in [1.29, 1.82) is 0 Å². The highest BCUT2D eigenvalue weighted by atomic mass is 16.3. The lowest BCUT2D eigenvalue weighted by molar-refractivity contribution is -0.131. The van der Waals surface area contributed by atoms with Crippen LogP contribution >= 0.6 is 0 Å². The number of hydrogen-bond acceptors (Lipinski definition) is 6. The van der Waals surface area contributed by atoms with E-state index in [2.05, 4.69) is 5.32 Å². The number of aryl methyl sites for hydroxylation is 2. The summed E-state index contributed by atoms with van der Waals surface area (Å²) in [4.78, 5) is 25.6. The predicted octanol–water partition coefficient (Wildman–Crippen LogP) is 2.62. The second-order valence-electron chi connectivity index (χ2n) is 10.6. The molecule has 0 unspecified atom stereocenters. The number of amides is 2. The van der Waals surface area contributed by atoms with E-state index in [4.69, 9.17) is 11.5 Å². The van der Waals surface area contributed by atoms with E-state index >= 15 is 0 Å². The van der Waals surface area contributed by atoms with Crippen LogP contribution in [0.4, 0.5) is 0 Å². The molecule has 41 heavy (non-hydrogen) atoms. The van der Waals surface area contributed by atoms with Gasteiger partial charge in [-0.1, -0.05) is 72.8 Å². The minimum Gasteiger partial charge on any atom is -0.508 e. The van der Waals surface area contributed by atoms with E-state index in [0.29, 0.717) is 6.42 Å². The van der Waals surface area contributed by atoms with Gasteiger partial charge in [-0.25, -0.2) is 0 Å². The Bertz CT molecular complexity index is 1290. The zero-order valence-electron chi connectivity index (χ0n) is 23.6. The molecule has 0 spiro atoms. The number of carbonyl (C=O) groups is 2. The van der Waals surface area contributed by atoms with Gasteiger partial charge in [0.05, 0.1) is 18.1 Å². The minimum absolute atomic E-state index is 0.173. The maximum atomic E-state index is 13.4. The summed E-state index contributed by atoms with van der Waals surface area (Å²) in [7, 11) is 0. The number of aromatic hydroxyl groups is 1. The van der Waals surface area contributed by atoms with Gasteiger partial charge < -0.3 is 32.1 Å². The smallest absolute Gasteiger partial charge is 0.240 e. The third-order valence-corrected chi connectivity index (χ3v) is 7.32. The Balaban J connectivity index is 1.69. The standard InChI is InChI=1S/C33H41N3O5/c1-21-16-25(37)17-22(2)26(21)20-28(34)31(39)15-9-14-30(38)27(18-23-10-5-3-6-11-23)33(41)36-29(32(35)40)19-24-12-7-4-8-13-24/h3-14,16-17,27-31,37-39H,15,18-20,34H2,1-2H3,(H2,35,40)(H,36,41)/b14-9+/t27-,28+,29+,30-,31-/m1/s1. The first kappa shape index (κ1) is 31.5. The summed E-state index contributed by atoms with van der Waals surface area (Å²) in [5.74, 6) is -1.88. The molecule has 0 aliphatic rings. The van der Waals surface area contributed by atoms with Crippen LogP contribution in [0.5, 0.6) is 5.75 Å². The van der Waals surface area contributed by atoms with E-state index in [0.717, 1.165) is 27.8 Å². The van der Waals surface area contributed by atoms with Gasteiger partial charge >= 0.3 is 0 Å². The molecule has 0 fully saturated rings. The highest BCUT2D eigenvalue weighted by Crippen LogP contribution is 2.23. The molecule has 0 saturated heterocycles. The van der Waals surface area contributed by atoms with Crippen molar-refractivity contribution >= 4 is 11.8 Å². The summed E-state index contributed by atoms with van der Waals surface area (Å²) < 4.78 is 0. The molecule has 0 heterocycles. The Kier molecular flexibility index (Phi) is 11.6. The van der Waals surface area contributed by atoms with Crippen LogP contribution in [0.2, 0.25) is 0 Å². The number of phenols is 1. The van der Waals surface area contributed by atoms with Crippen LogP contribution in [0.3, 0.4) is 0 Å². The Labute approximate surface area is 241 Å². The highest BCUT2D eigenvalue weighted by molar-refractivity contribution is 5.88. The molecule has 5 atom stereocenters. The van der Waals surface area contributed by atoms with Gasteiger partial charge in [-0.05, 0) is 73.1 Å². The summed E-state index contributed by atoms with van der Waals surface area (Å²) in [5, 5.41) is 34.3. The van der Waals surface area contributed by atoms with E-state index in [1.807, 2.05) is 74.5 Å². The number of primary amides is 1. The second-order valence-corrected chi connectivity index (χ2v) is 10.6. The zero-order valence-corrected chi connectivity index (χ0v) is 23.6. The van der Waals surface area contributed by atoms with Crippen molar-refractivity contribution in [1.82, 2.24) is 5.32 Å². The van der Waals surface area contributed by atoms with Gasteiger partial charge in [0, 0.05) is 12.5 Å². The second kappa shape index (κ2) is 15.1. The maximum absolute atomic E-state index is 13.4. The molecule has 8 nitrogen and oxygen atoms in total. The Morgan fingerprint density at radius 1 is 0.878 bits per heavy atom. The van der Waals surface area contributed by atoms with Crippen LogP contribution in [-0.4, -0.2) is 51.4 Å². The van der Waals surface area contributed by atoms with Crippen molar-refractivity contribution in [2.45, 2.75) is 63.8 Å². The number of nitrogens with one attached hydrogen (secondary N) is 1. The van der Waals surface area contributed by atoms with Crippen LogP contribution in [0, 0.1) is 19.8 Å².